The van der Waals surface area contributed by atoms with Crippen molar-refractivity contribution in [1.29, 1.82) is 0 Å². The molecule has 9 heteroatoms. The molecule has 29 heavy (non-hydrogen) atoms. The SMILES string of the molecule is CCn1cc(S(=O)(=O)N2CCCCC[C@@H]2c2cc(-c3ccc(F)cc3)on2)cn1. The highest BCUT2D eigenvalue weighted by molar-refractivity contribution is 7.89. The maximum absolute atomic E-state index is 13.3. The van der Waals surface area contributed by atoms with Gasteiger partial charge < -0.3 is 4.52 Å². The van der Waals surface area contributed by atoms with Crippen molar-refractivity contribution in [3.05, 3.63) is 54.2 Å². The first-order valence-corrected chi connectivity index (χ1v) is 11.2. The molecule has 1 atom stereocenters. The van der Waals surface area contributed by atoms with Crippen molar-refractivity contribution < 1.29 is 17.3 Å². The van der Waals surface area contributed by atoms with E-state index in [1.807, 2.05) is 6.92 Å². The first-order chi connectivity index (χ1) is 14.0. The molecule has 0 spiro atoms. The number of aryl methyl sites for hydroxylation is 1. The molecule has 7 nitrogen and oxygen atoms in total. The van der Waals surface area contributed by atoms with Crippen LogP contribution in [0.2, 0.25) is 0 Å². The molecule has 2 aromatic heterocycles. The van der Waals surface area contributed by atoms with E-state index in [1.54, 1.807) is 29.1 Å². The molecular weight excluding hydrogens is 395 g/mol. The summed E-state index contributed by atoms with van der Waals surface area (Å²) in [7, 11) is -3.71. The maximum Gasteiger partial charge on any atom is 0.246 e. The van der Waals surface area contributed by atoms with Crippen molar-refractivity contribution in [2.45, 2.75) is 50.1 Å². The summed E-state index contributed by atoms with van der Waals surface area (Å²) < 4.78 is 48.4. The van der Waals surface area contributed by atoms with Gasteiger partial charge in [0.2, 0.25) is 10.0 Å². The third-order valence-electron chi connectivity index (χ3n) is 5.24. The molecule has 0 N–H and O–H groups in total. The van der Waals surface area contributed by atoms with Crippen molar-refractivity contribution in [3.8, 4) is 11.3 Å². The van der Waals surface area contributed by atoms with Gasteiger partial charge >= 0.3 is 0 Å². The minimum atomic E-state index is -3.71. The first kappa shape index (κ1) is 19.8. The minimum absolute atomic E-state index is 0.188. The Kier molecular flexibility index (Phi) is 5.51. The Hall–Kier alpha value is -2.52. The Morgan fingerprint density at radius 3 is 2.72 bits per heavy atom. The summed E-state index contributed by atoms with van der Waals surface area (Å²) in [5.74, 6) is 0.155. The third kappa shape index (κ3) is 3.97. The second-order valence-electron chi connectivity index (χ2n) is 7.14. The molecule has 1 aromatic carbocycles. The van der Waals surface area contributed by atoms with Gasteiger partial charge in [0, 0.05) is 30.9 Å². The van der Waals surface area contributed by atoms with E-state index in [2.05, 4.69) is 10.3 Å². The Balaban J connectivity index is 1.68. The zero-order valence-corrected chi connectivity index (χ0v) is 17.0. The fraction of sp³-hybridized carbons (Fsp3) is 0.400. The largest absolute Gasteiger partial charge is 0.356 e. The van der Waals surface area contributed by atoms with Crippen LogP contribution in [-0.2, 0) is 16.6 Å². The average Bonchev–Trinajstić information content (AvgIpc) is 3.33. The molecule has 4 rings (SSSR count). The van der Waals surface area contributed by atoms with Gasteiger partial charge in [0.1, 0.15) is 16.4 Å². The molecule has 3 aromatic rings. The number of benzene rings is 1. The van der Waals surface area contributed by atoms with Crippen molar-refractivity contribution in [3.63, 3.8) is 0 Å². The molecular formula is C20H23FN4O3S. The topological polar surface area (TPSA) is 81.2 Å². The average molecular weight is 418 g/mol. The van der Waals surface area contributed by atoms with E-state index < -0.39 is 16.1 Å². The van der Waals surface area contributed by atoms with Crippen molar-refractivity contribution in [2.75, 3.05) is 6.54 Å². The van der Waals surface area contributed by atoms with Crippen LogP contribution in [0.4, 0.5) is 4.39 Å². The van der Waals surface area contributed by atoms with Crippen molar-refractivity contribution in [2.24, 2.45) is 0 Å². The molecule has 1 aliphatic rings. The third-order valence-corrected chi connectivity index (χ3v) is 7.10. The Morgan fingerprint density at radius 1 is 1.21 bits per heavy atom. The van der Waals surface area contributed by atoms with Gasteiger partial charge in [-0.3, -0.25) is 4.68 Å². The quantitative estimate of drug-likeness (QED) is 0.625. The van der Waals surface area contributed by atoms with E-state index in [4.69, 9.17) is 4.52 Å². The molecule has 3 heterocycles. The number of nitrogens with zero attached hydrogens (tertiary/aromatic N) is 4. The van der Waals surface area contributed by atoms with Gasteiger partial charge in [-0.25, -0.2) is 12.8 Å². The highest BCUT2D eigenvalue weighted by Gasteiger charge is 2.36. The van der Waals surface area contributed by atoms with Gasteiger partial charge in [-0.1, -0.05) is 18.0 Å². The lowest BCUT2D eigenvalue weighted by Gasteiger charge is -2.27. The van der Waals surface area contributed by atoms with Crippen LogP contribution < -0.4 is 0 Å². The van der Waals surface area contributed by atoms with E-state index in [-0.39, 0.29) is 10.7 Å². The van der Waals surface area contributed by atoms with Gasteiger partial charge in [-0.2, -0.15) is 9.40 Å². The van der Waals surface area contributed by atoms with E-state index >= 15 is 0 Å². The van der Waals surface area contributed by atoms with Crippen LogP contribution in [0.3, 0.4) is 0 Å². The number of hydrogen-bond acceptors (Lipinski definition) is 5. The normalized spacial score (nSPS) is 18.6. The van der Waals surface area contributed by atoms with E-state index in [0.29, 0.717) is 36.5 Å². The standard InChI is InChI=1S/C20H23FN4O3S/c1-2-24-14-17(13-22-24)29(26,27)25-11-5-3-4-6-19(25)18-12-20(28-23-18)15-7-9-16(21)10-8-15/h7-10,12-14,19H,2-6,11H2,1H3/t19-/m1/s1. The number of rotatable bonds is 5. The summed E-state index contributed by atoms with van der Waals surface area (Å²) in [5.41, 5.74) is 1.26. The fourth-order valence-electron chi connectivity index (χ4n) is 3.65. The van der Waals surface area contributed by atoms with Gasteiger partial charge in [-0.05, 0) is 44.0 Å². The van der Waals surface area contributed by atoms with Crippen LogP contribution in [0.15, 0.2) is 52.1 Å². The molecule has 0 radical (unpaired) electrons. The summed E-state index contributed by atoms with van der Waals surface area (Å²) in [5, 5.41) is 8.28. The number of hydrogen-bond donors (Lipinski definition) is 0. The molecule has 0 bridgehead atoms. The van der Waals surface area contributed by atoms with Crippen LogP contribution in [0.5, 0.6) is 0 Å². The van der Waals surface area contributed by atoms with E-state index in [0.717, 1.165) is 19.3 Å². The van der Waals surface area contributed by atoms with Gasteiger partial charge in [0.15, 0.2) is 5.76 Å². The van der Waals surface area contributed by atoms with Crippen LogP contribution in [-0.4, -0.2) is 34.2 Å². The van der Waals surface area contributed by atoms with E-state index in [1.165, 1.54) is 22.6 Å². The Morgan fingerprint density at radius 2 is 2.00 bits per heavy atom. The Bertz CT molecular complexity index is 1080. The van der Waals surface area contributed by atoms with Crippen LogP contribution in [0.25, 0.3) is 11.3 Å². The second kappa shape index (κ2) is 8.08. The smallest absolute Gasteiger partial charge is 0.246 e. The molecule has 1 saturated heterocycles. The van der Waals surface area contributed by atoms with Crippen molar-refractivity contribution in [1.82, 2.24) is 19.2 Å². The van der Waals surface area contributed by atoms with Crippen LogP contribution >= 0.6 is 0 Å². The minimum Gasteiger partial charge on any atom is -0.356 e. The maximum atomic E-state index is 13.3. The van der Waals surface area contributed by atoms with Crippen molar-refractivity contribution >= 4 is 10.0 Å². The lowest BCUT2D eigenvalue weighted by atomic mass is 10.1. The highest BCUT2D eigenvalue weighted by atomic mass is 32.2. The summed E-state index contributed by atoms with van der Waals surface area (Å²) in [6.45, 7) is 2.93. The predicted octanol–water partition coefficient (Wildman–Crippen LogP) is 4.00. The van der Waals surface area contributed by atoms with E-state index in [9.17, 15) is 12.8 Å². The molecule has 154 valence electrons. The predicted molar refractivity (Wildman–Crippen MR) is 105 cm³/mol. The second-order valence-corrected chi connectivity index (χ2v) is 9.03. The lowest BCUT2D eigenvalue weighted by Crippen LogP contribution is -2.34. The highest BCUT2D eigenvalue weighted by Crippen LogP contribution is 2.35. The number of halogens is 1. The van der Waals surface area contributed by atoms with Gasteiger partial charge in [0.25, 0.3) is 0 Å². The molecule has 0 amide bonds. The molecule has 1 fully saturated rings. The van der Waals surface area contributed by atoms with Crippen LogP contribution in [0, 0.1) is 5.82 Å². The summed E-state index contributed by atoms with van der Waals surface area (Å²) in [6, 6.07) is 7.27. The van der Waals surface area contributed by atoms with Gasteiger partial charge in [0.05, 0.1) is 12.2 Å². The van der Waals surface area contributed by atoms with Gasteiger partial charge in [-0.15, -0.1) is 0 Å². The fourth-order valence-corrected chi connectivity index (χ4v) is 5.27. The summed E-state index contributed by atoms with van der Waals surface area (Å²) in [6.07, 6.45) is 6.28. The molecule has 0 aliphatic carbocycles. The molecule has 0 unspecified atom stereocenters. The zero-order chi connectivity index (χ0) is 20.4. The first-order valence-electron chi connectivity index (χ1n) is 9.76. The number of aromatic nitrogens is 3. The lowest BCUT2D eigenvalue weighted by molar-refractivity contribution is 0.308. The summed E-state index contributed by atoms with van der Waals surface area (Å²) >= 11 is 0. The number of sulfonamides is 1. The molecule has 1 aliphatic heterocycles. The molecule has 0 saturated carbocycles. The van der Waals surface area contributed by atoms with Crippen LogP contribution in [0.1, 0.15) is 44.3 Å². The monoisotopic (exact) mass is 418 g/mol. The zero-order valence-electron chi connectivity index (χ0n) is 16.2. The Labute approximate surface area is 169 Å². The summed E-state index contributed by atoms with van der Waals surface area (Å²) in [4.78, 5) is 0.188.